The highest BCUT2D eigenvalue weighted by Gasteiger charge is 2.23. The third-order valence-corrected chi connectivity index (χ3v) is 3.71. The molecule has 5 nitrogen and oxygen atoms in total. The fraction of sp³-hybridized carbons (Fsp3) is 0.692. The van der Waals surface area contributed by atoms with E-state index in [9.17, 15) is 4.79 Å². The maximum absolute atomic E-state index is 11.6. The lowest BCUT2D eigenvalue weighted by Gasteiger charge is -2.21. The van der Waals surface area contributed by atoms with E-state index < -0.39 is 0 Å². The van der Waals surface area contributed by atoms with E-state index in [-0.39, 0.29) is 6.03 Å². The van der Waals surface area contributed by atoms with Crippen LogP contribution in [0.4, 0.5) is 10.6 Å². The largest absolute Gasteiger partial charge is 0.335 e. The van der Waals surface area contributed by atoms with Crippen LogP contribution >= 0.6 is 0 Å². The number of hydrogen-bond acceptors (Lipinski definition) is 2. The Morgan fingerprint density at radius 3 is 2.72 bits per heavy atom. The molecule has 0 aliphatic heterocycles. The lowest BCUT2D eigenvalue weighted by molar-refractivity contribution is 0.251. The Kier molecular flexibility index (Phi) is 3.21. The quantitative estimate of drug-likeness (QED) is 0.864. The summed E-state index contributed by atoms with van der Waals surface area (Å²) in [6.07, 6.45) is 10.5. The molecule has 0 bridgehead atoms. The molecule has 18 heavy (non-hydrogen) atoms. The molecule has 0 unspecified atom stereocenters. The van der Waals surface area contributed by atoms with Crippen LogP contribution in [0.1, 0.15) is 51.0 Å². The van der Waals surface area contributed by atoms with Gasteiger partial charge in [0.2, 0.25) is 0 Å². The Morgan fingerprint density at radius 2 is 2.00 bits per heavy atom. The zero-order valence-electron chi connectivity index (χ0n) is 10.6. The number of anilines is 1. The molecule has 0 radical (unpaired) electrons. The summed E-state index contributed by atoms with van der Waals surface area (Å²) in [4.78, 5) is 11.6. The summed E-state index contributed by atoms with van der Waals surface area (Å²) >= 11 is 0. The molecule has 0 aromatic carbocycles. The smallest absolute Gasteiger partial charge is 0.320 e. The molecule has 2 N–H and O–H groups in total. The number of aromatic nitrogens is 2. The molecule has 2 fully saturated rings. The number of hydrogen-bond donors (Lipinski definition) is 2. The van der Waals surface area contributed by atoms with Gasteiger partial charge in [0.25, 0.3) is 0 Å². The van der Waals surface area contributed by atoms with Gasteiger partial charge >= 0.3 is 6.03 Å². The molecule has 0 spiro atoms. The third kappa shape index (κ3) is 2.83. The van der Waals surface area contributed by atoms with Gasteiger partial charge in [-0.15, -0.1) is 0 Å². The van der Waals surface area contributed by atoms with Gasteiger partial charge < -0.3 is 5.32 Å². The average molecular weight is 248 g/mol. The standard InChI is InChI=1S/C13H20N4O/c18-13(14-10-6-7-10)15-12-8-9-17(16-12)11-4-2-1-3-5-11/h8-11H,1-7H2,(H2,14,15,16,18). The Morgan fingerprint density at radius 1 is 1.22 bits per heavy atom. The first-order chi connectivity index (χ1) is 8.81. The lowest BCUT2D eigenvalue weighted by Crippen LogP contribution is -2.30. The molecule has 2 saturated carbocycles. The van der Waals surface area contributed by atoms with Gasteiger partial charge in [0.05, 0.1) is 6.04 Å². The summed E-state index contributed by atoms with van der Waals surface area (Å²) in [6, 6.07) is 2.64. The monoisotopic (exact) mass is 248 g/mol. The zero-order chi connectivity index (χ0) is 12.4. The van der Waals surface area contributed by atoms with Gasteiger partial charge in [0.1, 0.15) is 0 Å². The number of rotatable bonds is 3. The summed E-state index contributed by atoms with van der Waals surface area (Å²) in [5.74, 6) is 0.652. The second-order valence-corrected chi connectivity index (χ2v) is 5.35. The van der Waals surface area contributed by atoms with Crippen LogP contribution in [0.5, 0.6) is 0 Å². The van der Waals surface area contributed by atoms with Gasteiger partial charge in [-0.25, -0.2) is 4.79 Å². The molecule has 98 valence electrons. The van der Waals surface area contributed by atoms with Crippen LogP contribution in [0.15, 0.2) is 12.3 Å². The van der Waals surface area contributed by atoms with Crippen molar-refractivity contribution in [2.75, 3.05) is 5.32 Å². The summed E-state index contributed by atoms with van der Waals surface area (Å²) in [5, 5.41) is 10.1. The van der Waals surface area contributed by atoms with Gasteiger partial charge in [0, 0.05) is 18.3 Å². The second-order valence-electron chi connectivity index (χ2n) is 5.35. The molecule has 3 rings (SSSR count). The molecule has 2 aliphatic rings. The van der Waals surface area contributed by atoms with E-state index in [1.807, 2.05) is 16.9 Å². The van der Waals surface area contributed by atoms with Crippen molar-refractivity contribution in [3.8, 4) is 0 Å². The van der Waals surface area contributed by atoms with Crippen LogP contribution in [-0.4, -0.2) is 21.9 Å². The highest BCUT2D eigenvalue weighted by atomic mass is 16.2. The van der Waals surface area contributed by atoms with Crippen molar-refractivity contribution < 1.29 is 4.79 Å². The average Bonchev–Trinajstić information content (AvgIpc) is 3.06. The van der Waals surface area contributed by atoms with Crippen molar-refractivity contribution in [2.45, 2.75) is 57.0 Å². The predicted octanol–water partition coefficient (Wildman–Crippen LogP) is 2.67. The van der Waals surface area contributed by atoms with Gasteiger partial charge in [-0.3, -0.25) is 10.00 Å². The summed E-state index contributed by atoms with van der Waals surface area (Å²) in [6.45, 7) is 0. The van der Waals surface area contributed by atoms with Gasteiger partial charge in [-0.05, 0) is 25.7 Å². The maximum Gasteiger partial charge on any atom is 0.320 e. The van der Waals surface area contributed by atoms with E-state index in [0.717, 1.165) is 12.8 Å². The van der Waals surface area contributed by atoms with Gasteiger partial charge in [-0.2, -0.15) is 5.10 Å². The van der Waals surface area contributed by atoms with Crippen molar-refractivity contribution in [2.24, 2.45) is 0 Å². The van der Waals surface area contributed by atoms with Crippen LogP contribution < -0.4 is 10.6 Å². The minimum absolute atomic E-state index is 0.133. The van der Waals surface area contributed by atoms with Crippen LogP contribution in [0.2, 0.25) is 0 Å². The lowest BCUT2D eigenvalue weighted by atomic mass is 9.96. The maximum atomic E-state index is 11.6. The second kappa shape index (κ2) is 5.00. The number of carbonyl (C=O) groups is 1. The Balaban J connectivity index is 1.56. The van der Waals surface area contributed by atoms with E-state index in [0.29, 0.717) is 17.9 Å². The number of nitrogens with one attached hydrogen (secondary N) is 2. The molecule has 0 saturated heterocycles. The van der Waals surface area contributed by atoms with Crippen LogP contribution in [0.25, 0.3) is 0 Å². The summed E-state index contributed by atoms with van der Waals surface area (Å²) in [7, 11) is 0. The summed E-state index contributed by atoms with van der Waals surface area (Å²) in [5.41, 5.74) is 0. The Labute approximate surface area is 107 Å². The summed E-state index contributed by atoms with van der Waals surface area (Å²) < 4.78 is 2.01. The normalized spacial score (nSPS) is 20.7. The molecule has 0 atom stereocenters. The van der Waals surface area contributed by atoms with E-state index in [2.05, 4.69) is 15.7 Å². The minimum atomic E-state index is -0.133. The molecule has 2 aliphatic carbocycles. The highest BCUT2D eigenvalue weighted by molar-refractivity contribution is 5.88. The van der Waals surface area contributed by atoms with Crippen molar-refractivity contribution in [3.05, 3.63) is 12.3 Å². The third-order valence-electron chi connectivity index (χ3n) is 3.71. The van der Waals surface area contributed by atoms with Crippen molar-refractivity contribution in [1.29, 1.82) is 0 Å². The molecular formula is C13H20N4O. The molecule has 1 aromatic rings. The van der Waals surface area contributed by atoms with E-state index in [4.69, 9.17) is 0 Å². The van der Waals surface area contributed by atoms with Crippen molar-refractivity contribution >= 4 is 11.8 Å². The first-order valence-corrected chi connectivity index (χ1v) is 6.94. The predicted molar refractivity (Wildman–Crippen MR) is 69.5 cm³/mol. The zero-order valence-corrected chi connectivity index (χ0v) is 10.6. The molecule has 1 heterocycles. The molecular weight excluding hydrogens is 228 g/mol. The first kappa shape index (κ1) is 11.6. The van der Waals surface area contributed by atoms with Crippen LogP contribution in [-0.2, 0) is 0 Å². The number of nitrogens with zero attached hydrogens (tertiary/aromatic N) is 2. The molecule has 2 amide bonds. The fourth-order valence-corrected chi connectivity index (χ4v) is 2.52. The number of carbonyl (C=O) groups excluding carboxylic acids is 1. The topological polar surface area (TPSA) is 59.0 Å². The van der Waals surface area contributed by atoms with Gasteiger partial charge in [-0.1, -0.05) is 19.3 Å². The molecule has 5 heteroatoms. The van der Waals surface area contributed by atoms with Crippen molar-refractivity contribution in [3.63, 3.8) is 0 Å². The Hall–Kier alpha value is -1.52. The van der Waals surface area contributed by atoms with Gasteiger partial charge in [0.15, 0.2) is 5.82 Å². The van der Waals surface area contributed by atoms with E-state index in [1.165, 1.54) is 32.1 Å². The minimum Gasteiger partial charge on any atom is -0.335 e. The highest BCUT2D eigenvalue weighted by Crippen LogP contribution is 2.27. The fourth-order valence-electron chi connectivity index (χ4n) is 2.52. The molecule has 1 aromatic heterocycles. The SMILES string of the molecule is O=C(Nc1ccn(C2CCCCC2)n1)NC1CC1. The van der Waals surface area contributed by atoms with Crippen LogP contribution in [0, 0.1) is 0 Å². The van der Waals surface area contributed by atoms with Crippen molar-refractivity contribution in [1.82, 2.24) is 15.1 Å². The first-order valence-electron chi connectivity index (χ1n) is 6.94. The van der Waals surface area contributed by atoms with Crippen LogP contribution in [0.3, 0.4) is 0 Å². The Bertz CT molecular complexity index is 418. The van der Waals surface area contributed by atoms with E-state index >= 15 is 0 Å². The van der Waals surface area contributed by atoms with E-state index in [1.54, 1.807) is 0 Å². The number of urea groups is 1. The number of amides is 2.